The maximum atomic E-state index is 12.8. The number of nitrogens with zero attached hydrogens (tertiary/aromatic N) is 3. The molecular weight excluding hydrogens is 310 g/mol. The molecule has 0 saturated heterocycles. The third-order valence-corrected chi connectivity index (χ3v) is 4.79. The molecule has 0 saturated carbocycles. The van der Waals surface area contributed by atoms with E-state index in [1.807, 2.05) is 44.4 Å². The van der Waals surface area contributed by atoms with Crippen LogP contribution in [0.4, 0.5) is 0 Å². The lowest BCUT2D eigenvalue weighted by atomic mass is 10.1. The summed E-state index contributed by atoms with van der Waals surface area (Å²) in [4.78, 5) is 21.1. The van der Waals surface area contributed by atoms with E-state index in [0.717, 1.165) is 24.2 Å². The first-order chi connectivity index (χ1) is 11.9. The second-order valence-electron chi connectivity index (χ2n) is 6.73. The van der Waals surface area contributed by atoms with E-state index in [2.05, 4.69) is 42.8 Å². The van der Waals surface area contributed by atoms with Crippen LogP contribution in [0.2, 0.25) is 0 Å². The van der Waals surface area contributed by atoms with Crippen molar-refractivity contribution in [1.82, 2.24) is 14.8 Å². The van der Waals surface area contributed by atoms with Gasteiger partial charge in [-0.3, -0.25) is 14.7 Å². The monoisotopic (exact) mass is 339 g/mol. The molecule has 0 unspecified atom stereocenters. The van der Waals surface area contributed by atoms with Gasteiger partial charge in [-0.05, 0) is 56.6 Å². The smallest absolute Gasteiger partial charge is 0.254 e. The van der Waals surface area contributed by atoms with Crippen molar-refractivity contribution >= 4 is 5.91 Å². The number of amides is 1. The fourth-order valence-electron chi connectivity index (χ4n) is 2.87. The van der Waals surface area contributed by atoms with Gasteiger partial charge >= 0.3 is 0 Å². The summed E-state index contributed by atoms with van der Waals surface area (Å²) in [5.74, 6) is 0.0270. The van der Waals surface area contributed by atoms with Crippen LogP contribution in [0.25, 0.3) is 0 Å². The molecule has 0 aliphatic carbocycles. The number of aromatic nitrogens is 1. The standard InChI is InChI=1S/C21H29N3O/c1-6-24(16(2)3)15-18-9-11-19(12-10-18)21(25)23(5)17(4)20-8-7-13-22-14-20/h7-14,16-17H,6,15H2,1-5H3/t17-/m0/s1. The molecule has 1 aromatic carbocycles. The van der Waals surface area contributed by atoms with Crippen molar-refractivity contribution in [2.45, 2.75) is 46.3 Å². The molecule has 134 valence electrons. The zero-order valence-electron chi connectivity index (χ0n) is 15.9. The van der Waals surface area contributed by atoms with Gasteiger partial charge in [0.15, 0.2) is 0 Å². The highest BCUT2D eigenvalue weighted by Crippen LogP contribution is 2.20. The molecule has 0 N–H and O–H groups in total. The van der Waals surface area contributed by atoms with Crippen LogP contribution < -0.4 is 0 Å². The molecule has 0 bridgehead atoms. The van der Waals surface area contributed by atoms with E-state index in [1.165, 1.54) is 5.56 Å². The second kappa shape index (κ2) is 8.77. The molecule has 4 heteroatoms. The zero-order valence-corrected chi connectivity index (χ0v) is 15.9. The molecule has 0 radical (unpaired) electrons. The molecule has 0 aliphatic rings. The van der Waals surface area contributed by atoms with Crippen LogP contribution in [-0.2, 0) is 6.54 Å². The average Bonchev–Trinajstić information content (AvgIpc) is 2.65. The molecule has 2 aromatic rings. The van der Waals surface area contributed by atoms with Gasteiger partial charge in [0.2, 0.25) is 0 Å². The number of rotatable bonds is 7. The number of carbonyl (C=O) groups is 1. The fraction of sp³-hybridized carbons (Fsp3) is 0.429. The number of hydrogen-bond acceptors (Lipinski definition) is 3. The van der Waals surface area contributed by atoms with E-state index < -0.39 is 0 Å². The molecule has 0 aliphatic heterocycles. The van der Waals surface area contributed by atoms with Crippen LogP contribution in [0.1, 0.15) is 55.2 Å². The van der Waals surface area contributed by atoms with Crippen molar-refractivity contribution in [3.05, 3.63) is 65.5 Å². The summed E-state index contributed by atoms with van der Waals surface area (Å²) in [6.07, 6.45) is 3.55. The molecule has 1 amide bonds. The fourth-order valence-corrected chi connectivity index (χ4v) is 2.87. The Morgan fingerprint density at radius 2 is 1.80 bits per heavy atom. The summed E-state index contributed by atoms with van der Waals surface area (Å²) in [5.41, 5.74) is 2.98. The van der Waals surface area contributed by atoms with E-state index in [-0.39, 0.29) is 11.9 Å². The molecule has 1 atom stereocenters. The van der Waals surface area contributed by atoms with E-state index in [4.69, 9.17) is 0 Å². The minimum atomic E-state index is -0.0163. The van der Waals surface area contributed by atoms with Crippen molar-refractivity contribution in [3.8, 4) is 0 Å². The summed E-state index contributed by atoms with van der Waals surface area (Å²) in [6, 6.07) is 12.4. The molecule has 0 spiro atoms. The van der Waals surface area contributed by atoms with Gasteiger partial charge in [0.05, 0.1) is 6.04 Å². The van der Waals surface area contributed by atoms with Crippen molar-refractivity contribution in [2.75, 3.05) is 13.6 Å². The van der Waals surface area contributed by atoms with Gasteiger partial charge < -0.3 is 4.90 Å². The first-order valence-electron chi connectivity index (χ1n) is 8.94. The number of pyridine rings is 1. The Kier molecular flexibility index (Phi) is 6.71. The molecule has 1 aromatic heterocycles. The third kappa shape index (κ3) is 4.89. The Labute approximate surface area is 151 Å². The van der Waals surface area contributed by atoms with Gasteiger partial charge in [-0.1, -0.05) is 25.1 Å². The van der Waals surface area contributed by atoms with Gasteiger partial charge in [-0.2, -0.15) is 0 Å². The predicted molar refractivity (Wildman–Crippen MR) is 102 cm³/mol. The van der Waals surface area contributed by atoms with Crippen molar-refractivity contribution < 1.29 is 4.79 Å². The minimum absolute atomic E-state index is 0.0163. The number of hydrogen-bond donors (Lipinski definition) is 0. The van der Waals surface area contributed by atoms with Gasteiger partial charge in [0.1, 0.15) is 0 Å². The van der Waals surface area contributed by atoms with Gasteiger partial charge in [-0.15, -0.1) is 0 Å². The van der Waals surface area contributed by atoms with Crippen LogP contribution in [0.5, 0.6) is 0 Å². The van der Waals surface area contributed by atoms with E-state index in [0.29, 0.717) is 6.04 Å². The van der Waals surface area contributed by atoms with Gasteiger partial charge in [0, 0.05) is 37.6 Å². The van der Waals surface area contributed by atoms with E-state index in [1.54, 1.807) is 11.1 Å². The molecule has 25 heavy (non-hydrogen) atoms. The molecule has 4 nitrogen and oxygen atoms in total. The second-order valence-corrected chi connectivity index (χ2v) is 6.73. The Hall–Kier alpha value is -2.20. The quantitative estimate of drug-likeness (QED) is 0.760. The summed E-state index contributed by atoms with van der Waals surface area (Å²) in [6.45, 7) is 10.5. The Morgan fingerprint density at radius 1 is 1.12 bits per heavy atom. The lowest BCUT2D eigenvalue weighted by molar-refractivity contribution is 0.0742. The average molecular weight is 339 g/mol. The van der Waals surface area contributed by atoms with Crippen LogP contribution in [0.3, 0.4) is 0 Å². The minimum Gasteiger partial charge on any atom is -0.335 e. The van der Waals surface area contributed by atoms with Crippen LogP contribution in [0.15, 0.2) is 48.8 Å². The topological polar surface area (TPSA) is 36.4 Å². The van der Waals surface area contributed by atoms with Gasteiger partial charge in [0.25, 0.3) is 5.91 Å². The summed E-state index contributed by atoms with van der Waals surface area (Å²) < 4.78 is 0. The summed E-state index contributed by atoms with van der Waals surface area (Å²) >= 11 is 0. The Morgan fingerprint density at radius 3 is 2.32 bits per heavy atom. The van der Waals surface area contributed by atoms with Crippen molar-refractivity contribution in [1.29, 1.82) is 0 Å². The first-order valence-corrected chi connectivity index (χ1v) is 8.94. The lowest BCUT2D eigenvalue weighted by Gasteiger charge is -2.26. The number of benzene rings is 1. The highest BCUT2D eigenvalue weighted by Gasteiger charge is 2.19. The lowest BCUT2D eigenvalue weighted by Crippen LogP contribution is -2.30. The van der Waals surface area contributed by atoms with Crippen LogP contribution in [-0.4, -0.2) is 40.3 Å². The Balaban J connectivity index is 2.07. The Bertz CT molecular complexity index is 667. The third-order valence-electron chi connectivity index (χ3n) is 4.79. The molecular formula is C21H29N3O. The zero-order chi connectivity index (χ0) is 18.4. The molecule has 0 fully saturated rings. The number of carbonyl (C=O) groups excluding carboxylic acids is 1. The normalized spacial score (nSPS) is 12.4. The van der Waals surface area contributed by atoms with E-state index in [9.17, 15) is 4.79 Å². The highest BCUT2D eigenvalue weighted by atomic mass is 16.2. The van der Waals surface area contributed by atoms with Crippen LogP contribution in [0, 0.1) is 0 Å². The maximum absolute atomic E-state index is 12.8. The predicted octanol–water partition coefficient (Wildman–Crippen LogP) is 4.15. The maximum Gasteiger partial charge on any atom is 0.254 e. The van der Waals surface area contributed by atoms with E-state index >= 15 is 0 Å². The molecule has 1 heterocycles. The van der Waals surface area contributed by atoms with Crippen molar-refractivity contribution in [2.24, 2.45) is 0 Å². The molecule has 2 rings (SSSR count). The highest BCUT2D eigenvalue weighted by molar-refractivity contribution is 5.94. The van der Waals surface area contributed by atoms with Gasteiger partial charge in [-0.25, -0.2) is 0 Å². The van der Waals surface area contributed by atoms with Crippen LogP contribution >= 0.6 is 0 Å². The largest absolute Gasteiger partial charge is 0.335 e. The summed E-state index contributed by atoms with van der Waals surface area (Å²) in [5, 5.41) is 0. The van der Waals surface area contributed by atoms with Crippen molar-refractivity contribution in [3.63, 3.8) is 0 Å². The first kappa shape index (κ1) is 19.1. The SMILES string of the molecule is CCN(Cc1ccc(C(=O)N(C)[C@@H](C)c2cccnc2)cc1)C(C)C. The summed E-state index contributed by atoms with van der Waals surface area (Å²) in [7, 11) is 1.84.